The van der Waals surface area contributed by atoms with E-state index in [2.05, 4.69) is 12.2 Å². The van der Waals surface area contributed by atoms with Crippen LogP contribution < -0.4 is 5.32 Å². The van der Waals surface area contributed by atoms with Crippen LogP contribution in [-0.4, -0.2) is 50.2 Å². The van der Waals surface area contributed by atoms with Crippen molar-refractivity contribution in [3.05, 3.63) is 0 Å². The minimum Gasteiger partial charge on any atom is -0.375 e. The van der Waals surface area contributed by atoms with E-state index in [9.17, 15) is 4.79 Å². The Labute approximate surface area is 97.8 Å². The number of hydrogen-bond acceptors (Lipinski definition) is 3. The molecule has 90 valence electrons. The van der Waals surface area contributed by atoms with Crippen molar-refractivity contribution in [2.45, 2.75) is 25.9 Å². The van der Waals surface area contributed by atoms with Gasteiger partial charge in [-0.2, -0.15) is 0 Å². The molecule has 1 saturated heterocycles. The minimum atomic E-state index is 0. The second kappa shape index (κ2) is 7.91. The molecule has 1 rings (SSSR count). The van der Waals surface area contributed by atoms with Crippen LogP contribution in [0.1, 0.15) is 19.8 Å². The third-order valence-corrected chi connectivity index (χ3v) is 2.54. The molecule has 0 aromatic rings. The van der Waals surface area contributed by atoms with Gasteiger partial charge in [-0.25, -0.2) is 0 Å². The lowest BCUT2D eigenvalue weighted by atomic mass is 10.2. The van der Waals surface area contributed by atoms with Crippen molar-refractivity contribution in [3.8, 4) is 0 Å². The van der Waals surface area contributed by atoms with Crippen LogP contribution in [0.4, 0.5) is 0 Å². The van der Waals surface area contributed by atoms with Crippen LogP contribution >= 0.6 is 12.4 Å². The van der Waals surface area contributed by atoms with Gasteiger partial charge in [0.15, 0.2) is 0 Å². The Morgan fingerprint density at radius 1 is 1.60 bits per heavy atom. The van der Waals surface area contributed by atoms with Gasteiger partial charge in [-0.3, -0.25) is 4.79 Å². The number of halogens is 1. The quantitative estimate of drug-likeness (QED) is 0.780. The number of nitrogens with one attached hydrogen (secondary N) is 1. The average Bonchev–Trinajstić information content (AvgIpc) is 2.26. The number of carbonyl (C=O) groups excluding carboxylic acids is 1. The zero-order valence-electron chi connectivity index (χ0n) is 9.49. The Kier molecular flexibility index (Phi) is 7.74. The summed E-state index contributed by atoms with van der Waals surface area (Å²) >= 11 is 0. The zero-order chi connectivity index (χ0) is 10.4. The fourth-order valence-electron chi connectivity index (χ4n) is 1.58. The van der Waals surface area contributed by atoms with E-state index in [-0.39, 0.29) is 24.4 Å². The first-order valence-electron chi connectivity index (χ1n) is 5.32. The highest BCUT2D eigenvalue weighted by molar-refractivity contribution is 5.85. The van der Waals surface area contributed by atoms with Crippen molar-refractivity contribution >= 4 is 18.3 Å². The largest absolute Gasteiger partial charge is 0.375 e. The topological polar surface area (TPSA) is 41.6 Å². The van der Waals surface area contributed by atoms with Crippen molar-refractivity contribution < 1.29 is 9.53 Å². The summed E-state index contributed by atoms with van der Waals surface area (Å²) in [6.45, 7) is 5.04. The first kappa shape index (κ1) is 14.7. The van der Waals surface area contributed by atoms with E-state index in [1.807, 2.05) is 11.9 Å². The zero-order valence-corrected chi connectivity index (χ0v) is 10.3. The minimum absolute atomic E-state index is 0. The molecule has 1 aliphatic rings. The van der Waals surface area contributed by atoms with E-state index < -0.39 is 0 Å². The van der Waals surface area contributed by atoms with Gasteiger partial charge in [0.25, 0.3) is 0 Å². The Hall–Kier alpha value is -0.320. The normalized spacial score (nSPS) is 20.9. The summed E-state index contributed by atoms with van der Waals surface area (Å²) in [6, 6.07) is 0. The van der Waals surface area contributed by atoms with Gasteiger partial charge < -0.3 is 15.0 Å². The molecule has 0 aromatic carbocycles. The van der Waals surface area contributed by atoms with Gasteiger partial charge in [-0.15, -0.1) is 12.4 Å². The van der Waals surface area contributed by atoms with E-state index in [0.29, 0.717) is 13.0 Å². The van der Waals surface area contributed by atoms with Gasteiger partial charge >= 0.3 is 0 Å². The predicted octanol–water partition coefficient (Wildman–Crippen LogP) is 0.655. The number of nitrogens with zero attached hydrogens (tertiary/aromatic N) is 1. The number of rotatable bonds is 4. The Balaban J connectivity index is 0.00000196. The van der Waals surface area contributed by atoms with Gasteiger partial charge in [0.2, 0.25) is 5.91 Å². The Morgan fingerprint density at radius 3 is 2.93 bits per heavy atom. The standard InChI is InChI=1S/C10H20N2O2.ClH/c1-3-9-8-12(6-7-14-9)10(13)4-5-11-2;/h9,11H,3-8H2,1-2H3;1H. The summed E-state index contributed by atoms with van der Waals surface area (Å²) < 4.78 is 5.50. The molecular formula is C10H21ClN2O2. The fourth-order valence-corrected chi connectivity index (χ4v) is 1.58. The molecule has 0 spiro atoms. The lowest BCUT2D eigenvalue weighted by Gasteiger charge is -2.32. The molecule has 0 aliphatic carbocycles. The molecule has 1 unspecified atom stereocenters. The first-order chi connectivity index (χ1) is 6.77. The second-order valence-electron chi connectivity index (χ2n) is 3.59. The monoisotopic (exact) mass is 236 g/mol. The number of hydrogen-bond donors (Lipinski definition) is 1. The number of carbonyl (C=O) groups is 1. The van der Waals surface area contributed by atoms with Crippen LogP contribution in [0, 0.1) is 0 Å². The molecule has 5 heteroatoms. The third kappa shape index (κ3) is 4.82. The Morgan fingerprint density at radius 2 is 2.33 bits per heavy atom. The summed E-state index contributed by atoms with van der Waals surface area (Å²) in [5.41, 5.74) is 0. The maximum absolute atomic E-state index is 11.6. The van der Waals surface area contributed by atoms with Crippen LogP contribution in [0.25, 0.3) is 0 Å². The molecule has 0 saturated carbocycles. The molecule has 1 fully saturated rings. The van der Waals surface area contributed by atoms with Crippen LogP contribution in [0.3, 0.4) is 0 Å². The average molecular weight is 237 g/mol. The highest BCUT2D eigenvalue weighted by Crippen LogP contribution is 2.08. The van der Waals surface area contributed by atoms with E-state index in [1.165, 1.54) is 0 Å². The van der Waals surface area contributed by atoms with Crippen molar-refractivity contribution in [3.63, 3.8) is 0 Å². The molecule has 1 N–H and O–H groups in total. The smallest absolute Gasteiger partial charge is 0.224 e. The molecule has 0 bridgehead atoms. The molecule has 15 heavy (non-hydrogen) atoms. The molecule has 0 radical (unpaired) electrons. The van der Waals surface area contributed by atoms with E-state index in [4.69, 9.17) is 4.74 Å². The first-order valence-corrected chi connectivity index (χ1v) is 5.32. The van der Waals surface area contributed by atoms with Crippen molar-refractivity contribution in [1.82, 2.24) is 10.2 Å². The van der Waals surface area contributed by atoms with Crippen molar-refractivity contribution in [2.24, 2.45) is 0 Å². The molecule has 1 aliphatic heterocycles. The Bertz CT molecular complexity index is 190. The van der Waals surface area contributed by atoms with Gasteiger partial charge in [0.1, 0.15) is 0 Å². The van der Waals surface area contributed by atoms with Crippen LogP contribution in [0.5, 0.6) is 0 Å². The second-order valence-corrected chi connectivity index (χ2v) is 3.59. The molecule has 1 amide bonds. The van der Waals surface area contributed by atoms with Crippen LogP contribution in [0.15, 0.2) is 0 Å². The van der Waals surface area contributed by atoms with Gasteiger partial charge in [0.05, 0.1) is 12.7 Å². The van der Waals surface area contributed by atoms with Gasteiger partial charge in [-0.1, -0.05) is 6.92 Å². The number of amides is 1. The highest BCUT2D eigenvalue weighted by Gasteiger charge is 2.22. The molecule has 1 atom stereocenters. The van der Waals surface area contributed by atoms with Gasteiger partial charge in [-0.05, 0) is 13.5 Å². The lowest BCUT2D eigenvalue weighted by Crippen LogP contribution is -2.45. The van der Waals surface area contributed by atoms with Gasteiger partial charge in [0, 0.05) is 26.1 Å². The summed E-state index contributed by atoms with van der Waals surface area (Å²) in [5, 5.41) is 2.98. The molecule has 1 heterocycles. The maximum atomic E-state index is 11.6. The van der Waals surface area contributed by atoms with Crippen molar-refractivity contribution in [2.75, 3.05) is 33.3 Å². The number of ether oxygens (including phenoxy) is 1. The summed E-state index contributed by atoms with van der Waals surface area (Å²) in [5.74, 6) is 0.237. The summed E-state index contributed by atoms with van der Waals surface area (Å²) in [7, 11) is 1.86. The molecule has 4 nitrogen and oxygen atoms in total. The maximum Gasteiger partial charge on any atom is 0.224 e. The summed E-state index contributed by atoms with van der Waals surface area (Å²) in [6.07, 6.45) is 1.81. The fraction of sp³-hybridized carbons (Fsp3) is 0.900. The van der Waals surface area contributed by atoms with E-state index in [1.54, 1.807) is 0 Å². The van der Waals surface area contributed by atoms with Crippen molar-refractivity contribution in [1.29, 1.82) is 0 Å². The van der Waals surface area contributed by atoms with E-state index in [0.717, 1.165) is 26.1 Å². The van der Waals surface area contributed by atoms with Crippen LogP contribution in [-0.2, 0) is 9.53 Å². The third-order valence-electron chi connectivity index (χ3n) is 2.54. The summed E-state index contributed by atoms with van der Waals surface area (Å²) in [4.78, 5) is 13.6. The molecule has 0 aromatic heterocycles. The lowest BCUT2D eigenvalue weighted by molar-refractivity contribution is -0.138. The van der Waals surface area contributed by atoms with E-state index >= 15 is 0 Å². The van der Waals surface area contributed by atoms with Crippen LogP contribution in [0.2, 0.25) is 0 Å². The number of morpholine rings is 1. The SMILES string of the molecule is CCC1CN(C(=O)CCNC)CCO1.Cl. The molecular weight excluding hydrogens is 216 g/mol. The highest BCUT2D eigenvalue weighted by atomic mass is 35.5. The predicted molar refractivity (Wildman–Crippen MR) is 62.4 cm³/mol.